The van der Waals surface area contributed by atoms with Gasteiger partial charge in [0.1, 0.15) is 6.04 Å². The molecular weight excluding hydrogens is 316 g/mol. The van der Waals surface area contributed by atoms with Crippen LogP contribution in [-0.4, -0.2) is 17.9 Å². The third-order valence-electron chi connectivity index (χ3n) is 4.07. The Labute approximate surface area is 148 Å². The number of carbonyl (C=O) groups excluding carboxylic acids is 2. The molecule has 0 radical (unpaired) electrons. The number of rotatable bonds is 8. The summed E-state index contributed by atoms with van der Waals surface area (Å²) in [5.74, 6) is -0.647. The van der Waals surface area contributed by atoms with Crippen LogP contribution < -0.4 is 10.8 Å². The van der Waals surface area contributed by atoms with Crippen LogP contribution in [0.15, 0.2) is 60.7 Å². The second-order valence-corrected chi connectivity index (χ2v) is 5.94. The zero-order valence-electron chi connectivity index (χ0n) is 14.6. The summed E-state index contributed by atoms with van der Waals surface area (Å²) >= 11 is 0. The average molecular weight is 340 g/mol. The summed E-state index contributed by atoms with van der Waals surface area (Å²) in [5.41, 5.74) is 3.93. The van der Waals surface area contributed by atoms with E-state index in [0.717, 1.165) is 12.0 Å². The van der Waals surface area contributed by atoms with Gasteiger partial charge in [-0.1, -0.05) is 68.8 Å². The molecule has 2 aromatic carbocycles. The first-order valence-corrected chi connectivity index (χ1v) is 8.43. The van der Waals surface area contributed by atoms with Crippen LogP contribution in [-0.2, 0) is 16.2 Å². The summed E-state index contributed by atoms with van der Waals surface area (Å²) in [6.07, 6.45) is 0.756. The third-order valence-corrected chi connectivity index (χ3v) is 4.07. The Hall–Kier alpha value is -2.66. The Kier molecular flexibility index (Phi) is 7.16. The molecule has 2 aromatic rings. The van der Waals surface area contributed by atoms with E-state index in [-0.39, 0.29) is 24.3 Å². The van der Waals surface area contributed by atoms with Gasteiger partial charge in [0.25, 0.3) is 11.8 Å². The normalized spacial score (nSPS) is 12.9. The van der Waals surface area contributed by atoms with Crippen molar-refractivity contribution >= 4 is 11.8 Å². The topological polar surface area (TPSA) is 67.4 Å². The van der Waals surface area contributed by atoms with E-state index in [0.29, 0.717) is 5.56 Å². The zero-order valence-corrected chi connectivity index (χ0v) is 14.6. The molecule has 0 unspecified atom stereocenters. The minimum absolute atomic E-state index is 0.0204. The Morgan fingerprint density at radius 1 is 1.00 bits per heavy atom. The fourth-order valence-electron chi connectivity index (χ4n) is 2.34. The highest BCUT2D eigenvalue weighted by Gasteiger charge is 2.26. The molecule has 132 valence electrons. The van der Waals surface area contributed by atoms with Crippen molar-refractivity contribution in [2.75, 3.05) is 0 Å². The van der Waals surface area contributed by atoms with Crippen molar-refractivity contribution < 1.29 is 14.4 Å². The van der Waals surface area contributed by atoms with E-state index >= 15 is 0 Å². The first kappa shape index (κ1) is 18.7. The minimum Gasteiger partial charge on any atom is -0.340 e. The van der Waals surface area contributed by atoms with Gasteiger partial charge >= 0.3 is 0 Å². The predicted octanol–water partition coefficient (Wildman–Crippen LogP) is 3.08. The molecule has 0 aliphatic heterocycles. The number of hydroxylamine groups is 1. The standard InChI is InChI=1S/C20H24N2O3/c1-3-15(2)18(21-19(23)17-12-8-5-9-13-17)20(24)22-25-14-16-10-6-4-7-11-16/h4-13,15,18H,3,14H2,1-2H3,(H,21,23)(H,22,24)/t15-,18-/m0/s1. The molecule has 0 aromatic heterocycles. The van der Waals surface area contributed by atoms with Gasteiger partial charge in [0.15, 0.2) is 0 Å². The van der Waals surface area contributed by atoms with E-state index in [1.807, 2.05) is 50.2 Å². The van der Waals surface area contributed by atoms with Crippen molar-refractivity contribution in [2.24, 2.45) is 5.92 Å². The van der Waals surface area contributed by atoms with Crippen molar-refractivity contribution in [3.8, 4) is 0 Å². The molecule has 0 saturated carbocycles. The maximum absolute atomic E-state index is 12.4. The highest BCUT2D eigenvalue weighted by Crippen LogP contribution is 2.10. The van der Waals surface area contributed by atoms with Crippen LogP contribution in [0.2, 0.25) is 0 Å². The smallest absolute Gasteiger partial charge is 0.266 e. The molecule has 2 rings (SSSR count). The number of amides is 2. The summed E-state index contributed by atoms with van der Waals surface area (Å²) in [4.78, 5) is 30.1. The number of nitrogens with one attached hydrogen (secondary N) is 2. The van der Waals surface area contributed by atoms with Gasteiger partial charge in [0.2, 0.25) is 0 Å². The van der Waals surface area contributed by atoms with Crippen LogP contribution in [0.3, 0.4) is 0 Å². The molecule has 0 aliphatic carbocycles. The summed E-state index contributed by atoms with van der Waals surface area (Å²) in [7, 11) is 0. The van der Waals surface area contributed by atoms with Gasteiger partial charge in [-0.2, -0.15) is 0 Å². The third kappa shape index (κ3) is 5.72. The van der Waals surface area contributed by atoms with Crippen molar-refractivity contribution in [1.29, 1.82) is 0 Å². The molecule has 0 aliphatic rings. The highest BCUT2D eigenvalue weighted by atomic mass is 16.6. The van der Waals surface area contributed by atoms with Crippen LogP contribution in [0.1, 0.15) is 36.2 Å². The molecule has 0 spiro atoms. The molecule has 2 atom stereocenters. The van der Waals surface area contributed by atoms with E-state index < -0.39 is 6.04 Å². The van der Waals surface area contributed by atoms with Crippen molar-refractivity contribution in [2.45, 2.75) is 32.9 Å². The monoisotopic (exact) mass is 340 g/mol. The summed E-state index contributed by atoms with van der Waals surface area (Å²) in [6.45, 7) is 4.17. The molecule has 0 bridgehead atoms. The maximum atomic E-state index is 12.4. The molecule has 0 saturated heterocycles. The lowest BCUT2D eigenvalue weighted by atomic mass is 9.98. The second-order valence-electron chi connectivity index (χ2n) is 5.94. The fourth-order valence-corrected chi connectivity index (χ4v) is 2.34. The second kappa shape index (κ2) is 9.59. The average Bonchev–Trinajstić information content (AvgIpc) is 2.66. The van der Waals surface area contributed by atoms with E-state index in [4.69, 9.17) is 4.84 Å². The first-order valence-electron chi connectivity index (χ1n) is 8.43. The van der Waals surface area contributed by atoms with Crippen molar-refractivity contribution in [1.82, 2.24) is 10.8 Å². The van der Waals surface area contributed by atoms with Crippen LogP contribution >= 0.6 is 0 Å². The predicted molar refractivity (Wildman–Crippen MR) is 96.5 cm³/mol. The quantitative estimate of drug-likeness (QED) is 0.726. The Bertz CT molecular complexity index is 674. The lowest BCUT2D eigenvalue weighted by Crippen LogP contribution is -2.50. The number of hydrogen-bond donors (Lipinski definition) is 2. The van der Waals surface area contributed by atoms with Crippen LogP contribution in [0.4, 0.5) is 0 Å². The van der Waals surface area contributed by atoms with Gasteiger partial charge in [-0.25, -0.2) is 5.48 Å². The van der Waals surface area contributed by atoms with Crippen molar-refractivity contribution in [3.63, 3.8) is 0 Å². The Balaban J connectivity index is 1.94. The van der Waals surface area contributed by atoms with E-state index in [1.54, 1.807) is 24.3 Å². The number of carbonyl (C=O) groups is 2. The van der Waals surface area contributed by atoms with Gasteiger partial charge in [-0.3, -0.25) is 14.4 Å². The van der Waals surface area contributed by atoms with Gasteiger partial charge in [0, 0.05) is 5.56 Å². The Morgan fingerprint density at radius 3 is 2.20 bits per heavy atom. The number of hydrogen-bond acceptors (Lipinski definition) is 3. The zero-order chi connectivity index (χ0) is 18.1. The first-order chi connectivity index (χ1) is 12.1. The van der Waals surface area contributed by atoms with Gasteiger partial charge in [-0.15, -0.1) is 0 Å². The van der Waals surface area contributed by atoms with E-state index in [9.17, 15) is 9.59 Å². The van der Waals surface area contributed by atoms with Gasteiger partial charge < -0.3 is 5.32 Å². The van der Waals surface area contributed by atoms with E-state index in [2.05, 4.69) is 10.8 Å². The summed E-state index contributed by atoms with van der Waals surface area (Å²) < 4.78 is 0. The molecule has 0 fully saturated rings. The lowest BCUT2D eigenvalue weighted by molar-refractivity contribution is -0.137. The molecular formula is C20H24N2O3. The highest BCUT2D eigenvalue weighted by molar-refractivity contribution is 5.97. The maximum Gasteiger partial charge on any atom is 0.266 e. The molecule has 5 nitrogen and oxygen atoms in total. The number of benzene rings is 2. The molecule has 2 N–H and O–H groups in total. The molecule has 2 amide bonds. The Morgan fingerprint density at radius 2 is 1.60 bits per heavy atom. The largest absolute Gasteiger partial charge is 0.340 e. The minimum atomic E-state index is -0.659. The SMILES string of the molecule is CC[C@H](C)[C@H](NC(=O)c1ccccc1)C(=O)NOCc1ccccc1. The molecule has 25 heavy (non-hydrogen) atoms. The van der Waals surface area contributed by atoms with Gasteiger partial charge in [-0.05, 0) is 23.6 Å². The molecule has 0 heterocycles. The summed E-state index contributed by atoms with van der Waals surface area (Å²) in [6, 6.07) is 17.7. The van der Waals surface area contributed by atoms with Crippen LogP contribution in [0.25, 0.3) is 0 Å². The summed E-state index contributed by atoms with van der Waals surface area (Å²) in [5, 5.41) is 2.80. The molecule has 5 heteroatoms. The lowest BCUT2D eigenvalue weighted by Gasteiger charge is -2.23. The van der Waals surface area contributed by atoms with Crippen LogP contribution in [0, 0.1) is 5.92 Å². The van der Waals surface area contributed by atoms with Gasteiger partial charge in [0.05, 0.1) is 6.61 Å². The fraction of sp³-hybridized carbons (Fsp3) is 0.300. The van der Waals surface area contributed by atoms with Crippen molar-refractivity contribution in [3.05, 3.63) is 71.8 Å². The van der Waals surface area contributed by atoms with Crippen LogP contribution in [0.5, 0.6) is 0 Å². The van der Waals surface area contributed by atoms with E-state index in [1.165, 1.54) is 0 Å².